The van der Waals surface area contributed by atoms with Crippen molar-refractivity contribution in [1.82, 2.24) is 4.90 Å². The van der Waals surface area contributed by atoms with Gasteiger partial charge in [0.15, 0.2) is 0 Å². The Balaban J connectivity index is 2.27. The molecule has 1 aliphatic rings. The lowest BCUT2D eigenvalue weighted by molar-refractivity contribution is 0.121. The van der Waals surface area contributed by atoms with E-state index in [0.717, 1.165) is 18.5 Å². The standard InChI is InChI=1S/C17H27FN2/c1-3-16(19)17(13-9-11-14(18)12-10-13)20(4-2)15-7-5-6-8-15/h9-12,15-17H,3-8,19H2,1-2H3. The molecule has 2 unspecified atom stereocenters. The highest BCUT2D eigenvalue weighted by Crippen LogP contribution is 2.33. The number of halogens is 1. The van der Waals surface area contributed by atoms with E-state index in [0.29, 0.717) is 6.04 Å². The van der Waals surface area contributed by atoms with Crippen molar-refractivity contribution in [2.75, 3.05) is 6.54 Å². The van der Waals surface area contributed by atoms with E-state index in [9.17, 15) is 4.39 Å². The molecule has 1 aromatic carbocycles. The van der Waals surface area contributed by atoms with E-state index in [2.05, 4.69) is 18.7 Å². The number of hydrogen-bond donors (Lipinski definition) is 1. The van der Waals surface area contributed by atoms with Crippen LogP contribution < -0.4 is 5.73 Å². The molecule has 0 saturated heterocycles. The predicted molar refractivity (Wildman–Crippen MR) is 82.0 cm³/mol. The highest BCUT2D eigenvalue weighted by molar-refractivity contribution is 5.22. The van der Waals surface area contributed by atoms with Crippen molar-refractivity contribution in [2.45, 2.75) is 64.1 Å². The fraction of sp³-hybridized carbons (Fsp3) is 0.647. The molecule has 0 spiro atoms. The van der Waals surface area contributed by atoms with Crippen LogP contribution in [-0.2, 0) is 0 Å². The van der Waals surface area contributed by atoms with E-state index in [1.807, 2.05) is 12.1 Å². The van der Waals surface area contributed by atoms with Crippen LogP contribution in [0.15, 0.2) is 24.3 Å². The third-order valence-electron chi connectivity index (χ3n) is 4.60. The molecule has 0 aromatic heterocycles. The summed E-state index contributed by atoms with van der Waals surface area (Å²) in [6, 6.07) is 7.82. The Labute approximate surface area is 122 Å². The van der Waals surface area contributed by atoms with Crippen molar-refractivity contribution >= 4 is 0 Å². The second-order valence-corrected chi connectivity index (χ2v) is 5.84. The number of likely N-dealkylation sites (N-methyl/N-ethyl adjacent to an activating group) is 1. The number of benzene rings is 1. The molecular weight excluding hydrogens is 251 g/mol. The van der Waals surface area contributed by atoms with Crippen molar-refractivity contribution in [1.29, 1.82) is 0 Å². The normalized spacial score (nSPS) is 19.4. The molecule has 0 heterocycles. The van der Waals surface area contributed by atoms with E-state index < -0.39 is 0 Å². The van der Waals surface area contributed by atoms with Gasteiger partial charge in [-0.2, -0.15) is 0 Å². The first-order valence-corrected chi connectivity index (χ1v) is 7.94. The van der Waals surface area contributed by atoms with Crippen LogP contribution >= 0.6 is 0 Å². The van der Waals surface area contributed by atoms with Gasteiger partial charge in [0.2, 0.25) is 0 Å². The summed E-state index contributed by atoms with van der Waals surface area (Å²) in [5.41, 5.74) is 7.54. The third kappa shape index (κ3) is 3.39. The average Bonchev–Trinajstić information content (AvgIpc) is 2.99. The maximum atomic E-state index is 13.2. The maximum absolute atomic E-state index is 13.2. The molecule has 1 aromatic rings. The van der Waals surface area contributed by atoms with Gasteiger partial charge in [-0.05, 0) is 43.5 Å². The summed E-state index contributed by atoms with van der Waals surface area (Å²) in [6.07, 6.45) is 6.10. The Bertz CT molecular complexity index is 398. The molecule has 20 heavy (non-hydrogen) atoms. The average molecular weight is 278 g/mol. The summed E-state index contributed by atoms with van der Waals surface area (Å²) >= 11 is 0. The van der Waals surface area contributed by atoms with Gasteiger partial charge < -0.3 is 5.73 Å². The Kier molecular flexibility index (Phi) is 5.55. The monoisotopic (exact) mass is 278 g/mol. The third-order valence-corrected chi connectivity index (χ3v) is 4.60. The first-order valence-electron chi connectivity index (χ1n) is 7.94. The molecule has 1 fully saturated rings. The van der Waals surface area contributed by atoms with Gasteiger partial charge in [-0.25, -0.2) is 4.39 Å². The van der Waals surface area contributed by atoms with Crippen molar-refractivity contribution in [3.63, 3.8) is 0 Å². The van der Waals surface area contributed by atoms with Crippen LogP contribution in [0, 0.1) is 5.82 Å². The number of hydrogen-bond acceptors (Lipinski definition) is 2. The van der Waals surface area contributed by atoms with Crippen molar-refractivity contribution in [3.05, 3.63) is 35.6 Å². The van der Waals surface area contributed by atoms with Crippen molar-refractivity contribution in [3.8, 4) is 0 Å². The van der Waals surface area contributed by atoms with Gasteiger partial charge in [0.05, 0.1) is 6.04 Å². The van der Waals surface area contributed by atoms with Crippen LogP contribution in [0.5, 0.6) is 0 Å². The van der Waals surface area contributed by atoms with E-state index in [1.54, 1.807) is 12.1 Å². The lowest BCUT2D eigenvalue weighted by atomic mass is 9.94. The highest BCUT2D eigenvalue weighted by Gasteiger charge is 2.31. The fourth-order valence-corrected chi connectivity index (χ4v) is 3.49. The largest absolute Gasteiger partial charge is 0.326 e. The molecule has 0 bridgehead atoms. The Morgan fingerprint density at radius 2 is 1.80 bits per heavy atom. The second-order valence-electron chi connectivity index (χ2n) is 5.84. The molecule has 2 nitrogen and oxygen atoms in total. The van der Waals surface area contributed by atoms with Gasteiger partial charge in [0.1, 0.15) is 5.82 Å². The lowest BCUT2D eigenvalue weighted by Gasteiger charge is -2.39. The molecule has 112 valence electrons. The Hall–Kier alpha value is -0.930. The quantitative estimate of drug-likeness (QED) is 0.856. The Morgan fingerprint density at radius 3 is 2.30 bits per heavy atom. The molecule has 2 N–H and O–H groups in total. The smallest absolute Gasteiger partial charge is 0.123 e. The zero-order valence-electron chi connectivity index (χ0n) is 12.7. The van der Waals surface area contributed by atoms with Crippen molar-refractivity contribution in [2.24, 2.45) is 5.73 Å². The minimum atomic E-state index is -0.179. The van der Waals surface area contributed by atoms with E-state index >= 15 is 0 Å². The van der Waals surface area contributed by atoms with E-state index in [1.165, 1.54) is 25.7 Å². The zero-order valence-corrected chi connectivity index (χ0v) is 12.7. The summed E-state index contributed by atoms with van der Waals surface area (Å²) in [5, 5.41) is 0. The zero-order chi connectivity index (χ0) is 14.5. The topological polar surface area (TPSA) is 29.3 Å². The molecule has 0 aliphatic heterocycles. The molecular formula is C17H27FN2. The fourth-order valence-electron chi connectivity index (χ4n) is 3.49. The minimum absolute atomic E-state index is 0.0982. The number of nitrogens with zero attached hydrogens (tertiary/aromatic N) is 1. The molecule has 1 saturated carbocycles. The number of rotatable bonds is 6. The second kappa shape index (κ2) is 7.19. The molecule has 0 amide bonds. The van der Waals surface area contributed by atoms with Gasteiger partial charge in [0.25, 0.3) is 0 Å². The molecule has 2 atom stereocenters. The molecule has 3 heteroatoms. The summed E-state index contributed by atoms with van der Waals surface area (Å²) in [7, 11) is 0. The summed E-state index contributed by atoms with van der Waals surface area (Å²) in [5.74, 6) is -0.179. The lowest BCUT2D eigenvalue weighted by Crippen LogP contribution is -2.45. The summed E-state index contributed by atoms with van der Waals surface area (Å²) in [6.45, 7) is 5.33. The van der Waals surface area contributed by atoms with Gasteiger partial charge in [-0.3, -0.25) is 4.90 Å². The van der Waals surface area contributed by atoms with Gasteiger partial charge >= 0.3 is 0 Å². The van der Waals surface area contributed by atoms with Crippen LogP contribution in [-0.4, -0.2) is 23.5 Å². The van der Waals surface area contributed by atoms with E-state index in [4.69, 9.17) is 5.73 Å². The van der Waals surface area contributed by atoms with Crippen LogP contribution in [0.25, 0.3) is 0 Å². The molecule has 1 aliphatic carbocycles. The molecule has 0 radical (unpaired) electrons. The number of nitrogens with two attached hydrogens (primary N) is 1. The van der Waals surface area contributed by atoms with Gasteiger partial charge in [0, 0.05) is 12.1 Å². The van der Waals surface area contributed by atoms with Crippen LogP contribution in [0.3, 0.4) is 0 Å². The first-order chi connectivity index (χ1) is 9.67. The predicted octanol–water partition coefficient (Wildman–Crippen LogP) is 3.87. The Morgan fingerprint density at radius 1 is 1.20 bits per heavy atom. The van der Waals surface area contributed by atoms with Crippen LogP contribution in [0.2, 0.25) is 0 Å². The van der Waals surface area contributed by atoms with E-state index in [-0.39, 0.29) is 17.9 Å². The highest BCUT2D eigenvalue weighted by atomic mass is 19.1. The molecule has 2 rings (SSSR count). The van der Waals surface area contributed by atoms with Crippen LogP contribution in [0.4, 0.5) is 4.39 Å². The van der Waals surface area contributed by atoms with Gasteiger partial charge in [-0.1, -0.05) is 38.8 Å². The maximum Gasteiger partial charge on any atom is 0.123 e. The summed E-state index contributed by atoms with van der Waals surface area (Å²) in [4.78, 5) is 2.54. The first kappa shape index (κ1) is 15.5. The minimum Gasteiger partial charge on any atom is -0.326 e. The summed E-state index contributed by atoms with van der Waals surface area (Å²) < 4.78 is 13.2. The van der Waals surface area contributed by atoms with Crippen LogP contribution in [0.1, 0.15) is 57.6 Å². The van der Waals surface area contributed by atoms with Crippen molar-refractivity contribution < 1.29 is 4.39 Å². The SMILES string of the molecule is CCC(N)C(c1ccc(F)cc1)N(CC)C1CCCC1. The van der Waals surface area contributed by atoms with Gasteiger partial charge in [-0.15, -0.1) is 0 Å².